The first kappa shape index (κ1) is 19.4. The van der Waals surface area contributed by atoms with Gasteiger partial charge in [0.25, 0.3) is 0 Å². The molecule has 1 aromatic carbocycles. The number of rotatable bonds is 6. The van der Waals surface area contributed by atoms with Gasteiger partial charge in [-0.1, -0.05) is 35.9 Å². The zero-order valence-electron chi connectivity index (χ0n) is 14.3. The summed E-state index contributed by atoms with van der Waals surface area (Å²) in [6.07, 6.45) is 0. The topological polar surface area (TPSA) is 75.3 Å². The summed E-state index contributed by atoms with van der Waals surface area (Å²) >= 11 is 7.67. The third-order valence-electron chi connectivity index (χ3n) is 4.33. The van der Waals surface area contributed by atoms with Crippen molar-refractivity contribution in [1.82, 2.24) is 10.6 Å². The van der Waals surface area contributed by atoms with Crippen molar-refractivity contribution in [2.24, 2.45) is 0 Å². The van der Waals surface area contributed by atoms with Crippen molar-refractivity contribution >= 4 is 38.7 Å². The van der Waals surface area contributed by atoms with Crippen LogP contribution in [-0.4, -0.2) is 43.8 Å². The van der Waals surface area contributed by atoms with Crippen LogP contribution in [0.25, 0.3) is 0 Å². The van der Waals surface area contributed by atoms with Gasteiger partial charge < -0.3 is 5.32 Å². The molecule has 3 rings (SSSR count). The Balaban J connectivity index is 1.65. The summed E-state index contributed by atoms with van der Waals surface area (Å²) in [5.74, 6) is -0.445. The molecule has 0 spiro atoms. The van der Waals surface area contributed by atoms with Crippen LogP contribution in [0.2, 0.25) is 0 Å². The van der Waals surface area contributed by atoms with Gasteiger partial charge in [0, 0.05) is 4.88 Å². The summed E-state index contributed by atoms with van der Waals surface area (Å²) in [4.78, 5) is 13.4. The second-order valence-electron chi connectivity index (χ2n) is 6.51. The SMILES string of the molecule is Cc1ccc([C@@H](NCC(=O)N[C@@H]2CS(=O)(=O)C[C@@H]2Cl)c2cccs2)cc1. The van der Waals surface area contributed by atoms with Crippen LogP contribution >= 0.6 is 22.9 Å². The first-order chi connectivity index (χ1) is 12.3. The standard InChI is InChI=1S/C18H21ClN2O3S2/c1-12-4-6-13(7-5-12)18(16-3-2-8-25-16)20-9-17(22)21-15-11-26(23,24)10-14(15)19/h2-8,14-15,18,20H,9-11H2,1H3,(H,21,22)/t14-,15+,18+/m0/s1. The lowest BCUT2D eigenvalue weighted by molar-refractivity contribution is -0.120. The predicted molar refractivity (Wildman–Crippen MR) is 106 cm³/mol. The Labute approximate surface area is 162 Å². The predicted octanol–water partition coefficient (Wildman–Crippen LogP) is 2.26. The molecule has 1 aliphatic rings. The van der Waals surface area contributed by atoms with E-state index in [-0.39, 0.29) is 30.0 Å². The van der Waals surface area contributed by atoms with Crippen molar-refractivity contribution in [3.63, 3.8) is 0 Å². The van der Waals surface area contributed by atoms with E-state index in [4.69, 9.17) is 11.6 Å². The van der Waals surface area contributed by atoms with Crippen molar-refractivity contribution in [1.29, 1.82) is 0 Å². The number of amides is 1. The maximum absolute atomic E-state index is 12.3. The average Bonchev–Trinajstić information content (AvgIpc) is 3.17. The average molecular weight is 413 g/mol. The molecule has 1 aliphatic heterocycles. The van der Waals surface area contributed by atoms with Crippen LogP contribution in [-0.2, 0) is 14.6 Å². The van der Waals surface area contributed by atoms with Gasteiger partial charge in [-0.2, -0.15) is 0 Å². The zero-order chi connectivity index (χ0) is 18.7. The summed E-state index contributed by atoms with van der Waals surface area (Å²) in [5.41, 5.74) is 2.25. The van der Waals surface area contributed by atoms with E-state index < -0.39 is 21.3 Å². The quantitative estimate of drug-likeness (QED) is 0.713. The van der Waals surface area contributed by atoms with Crippen LogP contribution in [0, 0.1) is 6.92 Å². The number of halogens is 1. The minimum atomic E-state index is -3.17. The molecule has 5 nitrogen and oxygen atoms in total. The molecule has 1 aromatic heterocycles. The van der Waals surface area contributed by atoms with Gasteiger partial charge in [0.05, 0.1) is 35.5 Å². The van der Waals surface area contributed by atoms with Crippen LogP contribution in [0.4, 0.5) is 0 Å². The van der Waals surface area contributed by atoms with Gasteiger partial charge in [-0.05, 0) is 23.9 Å². The number of thiophene rings is 1. The Hall–Kier alpha value is -1.41. The Morgan fingerprint density at radius 3 is 2.58 bits per heavy atom. The highest BCUT2D eigenvalue weighted by molar-refractivity contribution is 7.91. The Morgan fingerprint density at radius 1 is 1.27 bits per heavy atom. The zero-order valence-corrected chi connectivity index (χ0v) is 16.7. The fourth-order valence-electron chi connectivity index (χ4n) is 2.99. The molecule has 0 radical (unpaired) electrons. The molecule has 8 heteroatoms. The summed E-state index contributed by atoms with van der Waals surface area (Å²) in [6, 6.07) is 11.5. The third kappa shape index (κ3) is 4.85. The lowest BCUT2D eigenvalue weighted by Crippen LogP contribution is -2.45. The molecule has 3 atom stereocenters. The number of carbonyl (C=O) groups excluding carboxylic acids is 1. The molecule has 0 unspecified atom stereocenters. The molecule has 0 aliphatic carbocycles. The lowest BCUT2D eigenvalue weighted by Gasteiger charge is -2.20. The molecule has 1 saturated heterocycles. The first-order valence-electron chi connectivity index (χ1n) is 8.31. The maximum atomic E-state index is 12.3. The van der Waals surface area contributed by atoms with Crippen molar-refractivity contribution in [2.45, 2.75) is 24.4 Å². The number of nitrogens with one attached hydrogen (secondary N) is 2. The van der Waals surface area contributed by atoms with Crippen molar-refractivity contribution in [2.75, 3.05) is 18.1 Å². The largest absolute Gasteiger partial charge is 0.350 e. The summed E-state index contributed by atoms with van der Waals surface area (Å²) in [5, 5.41) is 7.43. The molecular formula is C18H21ClN2O3S2. The van der Waals surface area contributed by atoms with Gasteiger partial charge in [-0.3, -0.25) is 10.1 Å². The molecule has 1 amide bonds. The fourth-order valence-corrected chi connectivity index (χ4v) is 6.36. The molecule has 1 fully saturated rings. The first-order valence-corrected chi connectivity index (χ1v) is 11.4. The highest BCUT2D eigenvalue weighted by Gasteiger charge is 2.37. The minimum absolute atomic E-state index is 0.0800. The Bertz CT molecular complexity index is 851. The number of aryl methyl sites for hydroxylation is 1. The van der Waals surface area contributed by atoms with E-state index in [1.165, 1.54) is 5.56 Å². The number of carbonyl (C=O) groups is 1. The number of hydrogen-bond donors (Lipinski definition) is 2. The molecular weight excluding hydrogens is 392 g/mol. The third-order valence-corrected chi connectivity index (χ3v) is 7.65. The van der Waals surface area contributed by atoms with E-state index in [9.17, 15) is 13.2 Å². The van der Waals surface area contributed by atoms with Gasteiger partial charge in [-0.25, -0.2) is 8.42 Å². The molecule has 26 heavy (non-hydrogen) atoms. The van der Waals surface area contributed by atoms with Gasteiger partial charge in [-0.15, -0.1) is 22.9 Å². The van der Waals surface area contributed by atoms with Crippen LogP contribution in [0.3, 0.4) is 0 Å². The van der Waals surface area contributed by atoms with Crippen LogP contribution in [0.5, 0.6) is 0 Å². The maximum Gasteiger partial charge on any atom is 0.234 e. The minimum Gasteiger partial charge on any atom is -0.350 e. The van der Waals surface area contributed by atoms with Crippen LogP contribution in [0.15, 0.2) is 41.8 Å². The summed E-state index contributed by atoms with van der Waals surface area (Å²) in [7, 11) is -3.17. The monoisotopic (exact) mass is 412 g/mol. The van der Waals surface area contributed by atoms with E-state index >= 15 is 0 Å². The molecule has 140 valence electrons. The van der Waals surface area contributed by atoms with Gasteiger partial charge in [0.15, 0.2) is 9.84 Å². The van der Waals surface area contributed by atoms with Gasteiger partial charge in [0.2, 0.25) is 5.91 Å². The Kier molecular flexibility index (Phi) is 6.02. The number of sulfone groups is 1. The van der Waals surface area contributed by atoms with E-state index in [0.29, 0.717) is 0 Å². The van der Waals surface area contributed by atoms with E-state index in [0.717, 1.165) is 10.4 Å². The van der Waals surface area contributed by atoms with E-state index in [1.807, 2.05) is 48.7 Å². The number of benzene rings is 1. The highest BCUT2D eigenvalue weighted by atomic mass is 35.5. The normalized spacial score (nSPS) is 22.8. The number of hydrogen-bond acceptors (Lipinski definition) is 5. The molecule has 0 saturated carbocycles. The van der Waals surface area contributed by atoms with E-state index in [2.05, 4.69) is 10.6 Å². The Morgan fingerprint density at radius 2 is 2.00 bits per heavy atom. The van der Waals surface area contributed by atoms with Crippen molar-refractivity contribution < 1.29 is 13.2 Å². The smallest absolute Gasteiger partial charge is 0.234 e. The van der Waals surface area contributed by atoms with Crippen LogP contribution in [0.1, 0.15) is 22.0 Å². The highest BCUT2D eigenvalue weighted by Crippen LogP contribution is 2.26. The van der Waals surface area contributed by atoms with Gasteiger partial charge >= 0.3 is 0 Å². The van der Waals surface area contributed by atoms with E-state index in [1.54, 1.807) is 11.3 Å². The molecule has 2 N–H and O–H groups in total. The van der Waals surface area contributed by atoms with Crippen LogP contribution < -0.4 is 10.6 Å². The van der Waals surface area contributed by atoms with Crippen molar-refractivity contribution in [3.05, 3.63) is 57.8 Å². The fraction of sp³-hybridized carbons (Fsp3) is 0.389. The second-order valence-corrected chi connectivity index (χ2v) is 10.2. The lowest BCUT2D eigenvalue weighted by atomic mass is 10.0. The summed E-state index contributed by atoms with van der Waals surface area (Å²) < 4.78 is 23.2. The summed E-state index contributed by atoms with van der Waals surface area (Å²) in [6.45, 7) is 2.11. The number of alkyl halides is 1. The molecule has 2 heterocycles. The second kappa shape index (κ2) is 8.08. The molecule has 0 bridgehead atoms. The van der Waals surface area contributed by atoms with Gasteiger partial charge in [0.1, 0.15) is 0 Å². The molecule has 2 aromatic rings. The van der Waals surface area contributed by atoms with Crippen molar-refractivity contribution in [3.8, 4) is 0 Å².